The molecule has 6 atom stereocenters. The van der Waals surface area contributed by atoms with Crippen LogP contribution >= 0.6 is 11.6 Å². The first-order chi connectivity index (χ1) is 23.1. The molecule has 0 aromatic heterocycles. The molecule has 7 rings (SSSR count). The van der Waals surface area contributed by atoms with Gasteiger partial charge in [0.1, 0.15) is 5.75 Å². The normalized spacial score (nSPS) is 35.3. The number of benzene rings is 2. The molecule has 48 heavy (non-hydrogen) atoms. The number of ether oxygens (including phenoxy) is 3. The Morgan fingerprint density at radius 2 is 1.81 bits per heavy atom. The molecule has 2 aliphatic carbocycles. The van der Waals surface area contributed by atoms with Crippen molar-refractivity contribution >= 4 is 33.2 Å². The van der Waals surface area contributed by atoms with Gasteiger partial charge in [-0.25, -0.2) is 13.1 Å². The van der Waals surface area contributed by atoms with Crippen molar-refractivity contribution in [2.75, 3.05) is 44.9 Å². The van der Waals surface area contributed by atoms with Crippen molar-refractivity contribution in [3.8, 4) is 5.75 Å². The van der Waals surface area contributed by atoms with Gasteiger partial charge in [0.25, 0.3) is 5.91 Å². The van der Waals surface area contributed by atoms with Gasteiger partial charge < -0.3 is 24.4 Å². The number of hydrogen-bond donors (Lipinski definition) is 2. The van der Waals surface area contributed by atoms with Crippen LogP contribution in [0.4, 0.5) is 5.69 Å². The number of carbonyl (C=O) groups excluding carboxylic acids is 1. The lowest BCUT2D eigenvalue weighted by Crippen LogP contribution is -2.52. The summed E-state index contributed by atoms with van der Waals surface area (Å²) >= 11 is 6.46. The summed E-state index contributed by atoms with van der Waals surface area (Å²) in [5.74, 6) is 1.05. The number of aryl methyl sites for hydroxylation is 1. The zero-order valence-electron chi connectivity index (χ0n) is 28.4. The molecule has 1 amide bonds. The molecule has 1 spiro atoms. The predicted octanol–water partition coefficient (Wildman–Crippen LogP) is 5.68. The first kappa shape index (κ1) is 34.1. The van der Waals surface area contributed by atoms with Gasteiger partial charge in [-0.15, -0.1) is 0 Å². The van der Waals surface area contributed by atoms with Crippen molar-refractivity contribution in [3.63, 3.8) is 0 Å². The number of amides is 1. The summed E-state index contributed by atoms with van der Waals surface area (Å²) in [5, 5.41) is 3.30. The fraction of sp³-hybridized carbons (Fsp3) is 0.649. The summed E-state index contributed by atoms with van der Waals surface area (Å²) in [7, 11) is -1.96. The first-order valence-corrected chi connectivity index (χ1v) is 19.8. The zero-order chi connectivity index (χ0) is 33.6. The third kappa shape index (κ3) is 6.60. The number of carbonyl (C=O) groups is 1. The molecule has 262 valence electrons. The van der Waals surface area contributed by atoms with E-state index in [1.54, 1.807) is 13.0 Å². The Bertz CT molecular complexity index is 1610. The van der Waals surface area contributed by atoms with Crippen LogP contribution in [0.25, 0.3) is 0 Å². The lowest BCUT2D eigenvalue weighted by Gasteiger charge is -2.49. The maximum absolute atomic E-state index is 13.5. The van der Waals surface area contributed by atoms with Crippen LogP contribution in [0.1, 0.15) is 80.3 Å². The molecule has 1 saturated carbocycles. The van der Waals surface area contributed by atoms with Gasteiger partial charge in [-0.05, 0) is 118 Å². The Kier molecular flexibility index (Phi) is 9.76. The number of fused-ring (bicyclic) bond motifs is 4. The summed E-state index contributed by atoms with van der Waals surface area (Å²) in [6, 6.07) is 11.8. The van der Waals surface area contributed by atoms with E-state index in [4.69, 9.17) is 25.8 Å². The van der Waals surface area contributed by atoms with E-state index in [-0.39, 0.29) is 29.6 Å². The molecule has 1 saturated heterocycles. The smallest absolute Gasteiger partial charge is 0.264 e. The summed E-state index contributed by atoms with van der Waals surface area (Å²) in [6.45, 7) is 6.97. The lowest BCUT2D eigenvalue weighted by molar-refractivity contribution is -0.231. The fourth-order valence-electron chi connectivity index (χ4n) is 8.90. The minimum absolute atomic E-state index is 0.122. The van der Waals surface area contributed by atoms with Gasteiger partial charge in [0.15, 0.2) is 6.29 Å². The zero-order valence-corrected chi connectivity index (χ0v) is 30.0. The molecule has 2 bridgehead atoms. The van der Waals surface area contributed by atoms with Crippen LogP contribution in [-0.4, -0.2) is 71.9 Å². The van der Waals surface area contributed by atoms with E-state index in [1.165, 1.54) is 11.1 Å². The van der Waals surface area contributed by atoms with E-state index in [1.807, 2.05) is 32.2 Å². The van der Waals surface area contributed by atoms with E-state index in [2.05, 4.69) is 27.1 Å². The van der Waals surface area contributed by atoms with Crippen LogP contribution in [0, 0.1) is 23.7 Å². The van der Waals surface area contributed by atoms with Gasteiger partial charge in [-0.2, -0.15) is 0 Å². The minimum Gasteiger partial charge on any atom is -0.490 e. The number of nitrogens with zero attached hydrogens (tertiary/aromatic N) is 1. The van der Waals surface area contributed by atoms with Crippen molar-refractivity contribution < 1.29 is 27.4 Å². The highest BCUT2D eigenvalue weighted by Gasteiger charge is 2.46. The first-order valence-electron chi connectivity index (χ1n) is 17.8. The molecular weight excluding hydrogens is 650 g/mol. The SMILES string of the molecule is CN[C@H]1CO[C@@H]([C@@H]2CCC[C@H](C)[C@@H](C)S(=O)(=O)NC(=O)c3ccc4c(c3)N(C[C@@H]3CC[C@H]32)C[C@@]2(CCCc3cc(Cl)ccc32)CO4)OC1. The van der Waals surface area contributed by atoms with Crippen LogP contribution in [0.2, 0.25) is 5.02 Å². The van der Waals surface area contributed by atoms with E-state index in [0.29, 0.717) is 37.2 Å². The molecule has 3 aliphatic heterocycles. The van der Waals surface area contributed by atoms with Crippen LogP contribution in [-0.2, 0) is 31.3 Å². The molecule has 0 unspecified atom stereocenters. The Morgan fingerprint density at radius 1 is 1.00 bits per heavy atom. The molecule has 2 aromatic carbocycles. The van der Waals surface area contributed by atoms with Gasteiger partial charge in [0, 0.05) is 35.0 Å². The average molecular weight is 700 g/mol. The molecule has 2 N–H and O–H groups in total. The molecular formula is C37H50ClN3O6S. The number of halogens is 1. The van der Waals surface area contributed by atoms with E-state index in [0.717, 1.165) is 80.9 Å². The largest absolute Gasteiger partial charge is 0.490 e. The van der Waals surface area contributed by atoms with Gasteiger partial charge in [0.05, 0.1) is 36.8 Å². The number of sulfonamides is 1. The molecule has 11 heteroatoms. The molecule has 9 nitrogen and oxygen atoms in total. The minimum atomic E-state index is -3.90. The number of nitrogens with one attached hydrogen (secondary N) is 2. The Hall–Kier alpha value is -2.37. The van der Waals surface area contributed by atoms with Crippen LogP contribution in [0.15, 0.2) is 36.4 Å². The second-order valence-electron chi connectivity index (χ2n) is 15.1. The molecule has 3 heterocycles. The van der Waals surface area contributed by atoms with Gasteiger partial charge in [-0.3, -0.25) is 4.79 Å². The molecule has 0 radical (unpaired) electrons. The van der Waals surface area contributed by atoms with Crippen molar-refractivity contribution in [3.05, 3.63) is 58.1 Å². The fourth-order valence-corrected chi connectivity index (χ4v) is 10.4. The molecule has 5 aliphatic rings. The van der Waals surface area contributed by atoms with Crippen LogP contribution in [0.5, 0.6) is 5.75 Å². The number of rotatable bonds is 2. The second kappa shape index (κ2) is 13.7. The number of likely N-dealkylation sites (N-methyl/N-ethyl adjacent to an activating group) is 1. The molecule has 2 fully saturated rings. The maximum Gasteiger partial charge on any atom is 0.264 e. The summed E-state index contributed by atoms with van der Waals surface area (Å²) < 4.78 is 48.7. The Balaban J connectivity index is 1.27. The van der Waals surface area contributed by atoms with Crippen molar-refractivity contribution in [1.29, 1.82) is 0 Å². The number of hydrogen-bond acceptors (Lipinski definition) is 8. The van der Waals surface area contributed by atoms with E-state index in [9.17, 15) is 13.2 Å². The quantitative estimate of drug-likeness (QED) is 0.413. The third-order valence-corrected chi connectivity index (χ3v) is 14.3. The summed E-state index contributed by atoms with van der Waals surface area (Å²) in [6.07, 6.45) is 7.48. The average Bonchev–Trinajstić information content (AvgIpc) is 3.21. The van der Waals surface area contributed by atoms with E-state index < -0.39 is 21.2 Å². The highest BCUT2D eigenvalue weighted by molar-refractivity contribution is 7.90. The maximum atomic E-state index is 13.5. The lowest BCUT2D eigenvalue weighted by atomic mass is 9.64. The second-order valence-corrected chi connectivity index (χ2v) is 17.5. The van der Waals surface area contributed by atoms with Crippen LogP contribution < -0.4 is 19.7 Å². The van der Waals surface area contributed by atoms with Crippen molar-refractivity contribution in [2.24, 2.45) is 23.7 Å². The summed E-state index contributed by atoms with van der Waals surface area (Å²) in [5.41, 5.74) is 3.48. The monoisotopic (exact) mass is 699 g/mol. The highest BCUT2D eigenvalue weighted by atomic mass is 35.5. The Morgan fingerprint density at radius 3 is 2.56 bits per heavy atom. The van der Waals surface area contributed by atoms with Crippen molar-refractivity contribution in [2.45, 2.75) is 88.2 Å². The van der Waals surface area contributed by atoms with Crippen molar-refractivity contribution in [1.82, 2.24) is 10.0 Å². The van der Waals surface area contributed by atoms with Gasteiger partial charge in [-0.1, -0.05) is 31.0 Å². The number of anilines is 1. The van der Waals surface area contributed by atoms with Crippen LogP contribution in [0.3, 0.4) is 0 Å². The topological polar surface area (TPSA) is 106 Å². The highest BCUT2D eigenvalue weighted by Crippen LogP contribution is 2.49. The third-order valence-electron chi connectivity index (χ3n) is 12.2. The van der Waals surface area contributed by atoms with Gasteiger partial charge in [0.2, 0.25) is 10.0 Å². The Labute approximate surface area is 290 Å². The summed E-state index contributed by atoms with van der Waals surface area (Å²) in [4.78, 5) is 16.0. The molecule has 2 aromatic rings. The van der Waals surface area contributed by atoms with E-state index >= 15 is 0 Å². The standard InChI is InChI=1S/C37H50ClN3O6S/c1-23-6-4-8-31(36-45-19-29(39-3)20-46-36)30-12-9-27(30)18-41-21-37(15-5-7-25-16-28(38)11-13-32(25)37)22-47-34-14-10-26(17-33(34)41)35(42)40-48(43,44)24(23)2/h10-11,13-14,16-17,23-24,27,29-31,36,39H,4-9,12,15,18-22H2,1-3H3,(H,40,42)/t23-,24+,27-,29-,30+,31+,36+,37-/m0/s1. The van der Waals surface area contributed by atoms with Gasteiger partial charge >= 0.3 is 0 Å². The predicted molar refractivity (Wildman–Crippen MR) is 187 cm³/mol.